The molecule has 0 spiro atoms. The van der Waals surface area contributed by atoms with E-state index in [2.05, 4.69) is 0 Å². The van der Waals surface area contributed by atoms with Gasteiger partial charge in [0.05, 0.1) is 0 Å². The summed E-state index contributed by atoms with van der Waals surface area (Å²) in [7, 11) is 0. The maximum absolute atomic E-state index is 11.8. The van der Waals surface area contributed by atoms with E-state index >= 15 is 0 Å². The SMILES string of the molecule is O=C(O)CCCCCCCCCCC1C(=O)CCC1C[N+](=O)[O-]. The van der Waals surface area contributed by atoms with Gasteiger partial charge < -0.3 is 5.11 Å². The molecule has 0 heterocycles. The molecule has 1 rings (SSSR count). The van der Waals surface area contributed by atoms with E-state index in [-0.39, 0.29) is 35.5 Å². The van der Waals surface area contributed by atoms with Crippen LogP contribution < -0.4 is 0 Å². The lowest BCUT2D eigenvalue weighted by Crippen LogP contribution is -2.21. The summed E-state index contributed by atoms with van der Waals surface area (Å²) < 4.78 is 0. The van der Waals surface area contributed by atoms with Crippen molar-refractivity contribution >= 4 is 11.8 Å². The maximum atomic E-state index is 11.8. The number of carbonyl (C=O) groups excluding carboxylic acids is 1. The quantitative estimate of drug-likeness (QED) is 0.315. The number of hydrogen-bond donors (Lipinski definition) is 1. The number of nitro groups is 1. The highest BCUT2D eigenvalue weighted by atomic mass is 16.6. The number of aliphatic carboxylic acids is 1. The average molecular weight is 327 g/mol. The van der Waals surface area contributed by atoms with Crippen LogP contribution in [-0.2, 0) is 9.59 Å². The minimum Gasteiger partial charge on any atom is -0.481 e. The molecule has 1 aliphatic carbocycles. The Hall–Kier alpha value is -1.46. The summed E-state index contributed by atoms with van der Waals surface area (Å²) in [5.41, 5.74) is 0. The van der Waals surface area contributed by atoms with Gasteiger partial charge in [0.15, 0.2) is 0 Å². The first-order chi connectivity index (χ1) is 11.0. The number of carboxylic acid groups (broad SMARTS) is 1. The molecular weight excluding hydrogens is 298 g/mol. The Morgan fingerprint density at radius 2 is 1.65 bits per heavy atom. The first-order valence-corrected chi connectivity index (χ1v) is 8.87. The van der Waals surface area contributed by atoms with E-state index in [4.69, 9.17) is 5.11 Å². The minimum absolute atomic E-state index is 0.0493. The van der Waals surface area contributed by atoms with Crippen molar-refractivity contribution in [3.63, 3.8) is 0 Å². The summed E-state index contributed by atoms with van der Waals surface area (Å²) in [6.07, 6.45) is 10.5. The molecule has 2 atom stereocenters. The van der Waals surface area contributed by atoms with E-state index in [0.29, 0.717) is 12.8 Å². The number of unbranched alkanes of at least 4 members (excludes halogenated alkanes) is 7. The van der Waals surface area contributed by atoms with Gasteiger partial charge in [0.25, 0.3) is 0 Å². The molecule has 0 bridgehead atoms. The van der Waals surface area contributed by atoms with Crippen LogP contribution in [0, 0.1) is 22.0 Å². The zero-order valence-corrected chi connectivity index (χ0v) is 13.9. The molecule has 0 amide bonds. The van der Waals surface area contributed by atoms with Crippen molar-refractivity contribution in [2.45, 2.75) is 77.0 Å². The molecule has 0 aliphatic heterocycles. The van der Waals surface area contributed by atoms with Crippen molar-refractivity contribution in [1.82, 2.24) is 0 Å². The largest absolute Gasteiger partial charge is 0.481 e. The molecule has 0 aromatic heterocycles. The molecule has 1 N–H and O–H groups in total. The van der Waals surface area contributed by atoms with E-state index in [0.717, 1.165) is 57.8 Å². The first-order valence-electron chi connectivity index (χ1n) is 8.87. The van der Waals surface area contributed by atoms with Gasteiger partial charge in [-0.15, -0.1) is 0 Å². The van der Waals surface area contributed by atoms with Gasteiger partial charge in [-0.2, -0.15) is 0 Å². The fourth-order valence-corrected chi connectivity index (χ4v) is 3.48. The molecule has 23 heavy (non-hydrogen) atoms. The van der Waals surface area contributed by atoms with Gasteiger partial charge >= 0.3 is 5.97 Å². The highest BCUT2D eigenvalue weighted by Crippen LogP contribution is 2.32. The topological polar surface area (TPSA) is 97.5 Å². The fraction of sp³-hybridized carbons (Fsp3) is 0.882. The second-order valence-electron chi connectivity index (χ2n) is 6.65. The molecule has 2 unspecified atom stereocenters. The molecule has 6 heteroatoms. The van der Waals surface area contributed by atoms with E-state index in [1.165, 1.54) is 0 Å². The number of hydrogen-bond acceptors (Lipinski definition) is 4. The van der Waals surface area contributed by atoms with Gasteiger partial charge in [-0.3, -0.25) is 19.7 Å². The van der Waals surface area contributed by atoms with Crippen LogP contribution in [0.3, 0.4) is 0 Å². The Bertz CT molecular complexity index is 396. The second-order valence-corrected chi connectivity index (χ2v) is 6.65. The average Bonchev–Trinajstić information content (AvgIpc) is 2.81. The van der Waals surface area contributed by atoms with E-state index < -0.39 is 5.97 Å². The Labute approximate surface area is 137 Å². The number of carboxylic acids is 1. The van der Waals surface area contributed by atoms with Crippen molar-refractivity contribution in [3.05, 3.63) is 10.1 Å². The fourth-order valence-electron chi connectivity index (χ4n) is 3.48. The van der Waals surface area contributed by atoms with Crippen molar-refractivity contribution in [2.75, 3.05) is 6.54 Å². The van der Waals surface area contributed by atoms with Crippen molar-refractivity contribution < 1.29 is 19.6 Å². The van der Waals surface area contributed by atoms with E-state index in [1.807, 2.05) is 0 Å². The van der Waals surface area contributed by atoms with Gasteiger partial charge in [0.2, 0.25) is 6.54 Å². The molecule has 132 valence electrons. The van der Waals surface area contributed by atoms with Gasteiger partial charge in [-0.25, -0.2) is 0 Å². The molecule has 1 saturated carbocycles. The Morgan fingerprint density at radius 1 is 1.09 bits per heavy atom. The lowest BCUT2D eigenvalue weighted by atomic mass is 9.90. The number of carbonyl (C=O) groups is 2. The number of ketones is 1. The predicted molar refractivity (Wildman–Crippen MR) is 86.9 cm³/mol. The first kappa shape index (κ1) is 19.6. The molecule has 0 aromatic rings. The van der Waals surface area contributed by atoms with Crippen LogP contribution in [0.4, 0.5) is 0 Å². The molecule has 1 aliphatic rings. The number of Topliss-reactive ketones (excluding diaryl/α,β-unsaturated/α-hetero) is 1. The molecule has 0 saturated heterocycles. The summed E-state index contributed by atoms with van der Waals surface area (Å²) in [5, 5.41) is 19.2. The Kier molecular flexibility index (Phi) is 9.48. The third kappa shape index (κ3) is 8.67. The summed E-state index contributed by atoms with van der Waals surface area (Å²) >= 11 is 0. The third-order valence-corrected chi connectivity index (χ3v) is 4.78. The maximum Gasteiger partial charge on any atom is 0.303 e. The lowest BCUT2D eigenvalue weighted by molar-refractivity contribution is -0.489. The number of rotatable bonds is 13. The minimum atomic E-state index is -0.721. The number of nitrogens with zero attached hydrogens (tertiary/aromatic N) is 1. The second kappa shape index (κ2) is 11.1. The van der Waals surface area contributed by atoms with Crippen LogP contribution in [0.1, 0.15) is 77.0 Å². The smallest absolute Gasteiger partial charge is 0.303 e. The summed E-state index contributed by atoms with van der Waals surface area (Å²) in [5.74, 6) is -0.639. The van der Waals surface area contributed by atoms with Gasteiger partial charge in [0.1, 0.15) is 5.78 Å². The van der Waals surface area contributed by atoms with Crippen LogP contribution in [0.2, 0.25) is 0 Å². The lowest BCUT2D eigenvalue weighted by Gasteiger charge is -2.14. The predicted octanol–water partition coefficient (Wildman–Crippen LogP) is 3.84. The van der Waals surface area contributed by atoms with Crippen molar-refractivity contribution in [3.8, 4) is 0 Å². The van der Waals surface area contributed by atoms with Crippen LogP contribution in [0.5, 0.6) is 0 Å². The van der Waals surface area contributed by atoms with Crippen molar-refractivity contribution in [2.24, 2.45) is 11.8 Å². The molecule has 6 nitrogen and oxygen atoms in total. The van der Waals surface area contributed by atoms with E-state index in [1.54, 1.807) is 0 Å². The zero-order chi connectivity index (χ0) is 17.1. The molecule has 1 fully saturated rings. The highest BCUT2D eigenvalue weighted by Gasteiger charge is 2.36. The Morgan fingerprint density at radius 3 is 2.22 bits per heavy atom. The van der Waals surface area contributed by atoms with Crippen molar-refractivity contribution in [1.29, 1.82) is 0 Å². The Balaban J connectivity index is 2.00. The molecule has 0 aromatic carbocycles. The summed E-state index contributed by atoms with van der Waals surface area (Å²) in [6.45, 7) is -0.0627. The summed E-state index contributed by atoms with van der Waals surface area (Å²) in [4.78, 5) is 32.5. The standard InChI is InChI=1S/C17H29NO5/c19-16-12-11-14(13-18(22)23)15(16)9-7-5-3-1-2-4-6-8-10-17(20)21/h14-15H,1-13H2,(H,20,21). The highest BCUT2D eigenvalue weighted by molar-refractivity contribution is 5.83. The van der Waals surface area contributed by atoms with Crippen LogP contribution in [0.25, 0.3) is 0 Å². The molecule has 0 radical (unpaired) electrons. The van der Waals surface area contributed by atoms with Gasteiger partial charge in [0, 0.05) is 29.6 Å². The normalized spacial score (nSPS) is 20.8. The van der Waals surface area contributed by atoms with Crippen LogP contribution >= 0.6 is 0 Å². The monoisotopic (exact) mass is 327 g/mol. The van der Waals surface area contributed by atoms with Crippen LogP contribution in [-0.4, -0.2) is 28.3 Å². The van der Waals surface area contributed by atoms with Gasteiger partial charge in [-0.1, -0.05) is 44.9 Å². The molecular formula is C17H29NO5. The third-order valence-electron chi connectivity index (χ3n) is 4.78. The zero-order valence-electron chi connectivity index (χ0n) is 13.9. The van der Waals surface area contributed by atoms with Gasteiger partial charge in [-0.05, 0) is 19.3 Å². The van der Waals surface area contributed by atoms with Crippen LogP contribution in [0.15, 0.2) is 0 Å². The van der Waals surface area contributed by atoms with E-state index in [9.17, 15) is 19.7 Å². The summed E-state index contributed by atoms with van der Waals surface area (Å²) in [6, 6.07) is 0.